The fourth-order valence-corrected chi connectivity index (χ4v) is 4.43. The Hall–Kier alpha value is -1.06. The Morgan fingerprint density at radius 1 is 1.40 bits per heavy atom. The number of thiophene rings is 1. The molecule has 0 aliphatic carbocycles. The van der Waals surface area contributed by atoms with E-state index in [1.54, 1.807) is 29.9 Å². The van der Waals surface area contributed by atoms with E-state index < -0.39 is 15.9 Å². The maximum atomic E-state index is 12.0. The van der Waals surface area contributed by atoms with E-state index in [9.17, 15) is 13.2 Å². The van der Waals surface area contributed by atoms with Gasteiger partial charge in [0.25, 0.3) is 15.9 Å². The molecule has 0 aliphatic rings. The molecule has 0 radical (unpaired) electrons. The largest absolute Gasteiger partial charge is 0.347 e. The zero-order valence-corrected chi connectivity index (χ0v) is 13.2. The summed E-state index contributed by atoms with van der Waals surface area (Å²) in [5, 5.41) is 0. The van der Waals surface area contributed by atoms with Gasteiger partial charge in [0.1, 0.15) is 14.9 Å². The number of amides is 1. The number of hydrogen-bond acceptors (Lipinski definition) is 4. The summed E-state index contributed by atoms with van der Waals surface area (Å²) in [4.78, 5) is 13.6. The molecule has 0 bridgehead atoms. The van der Waals surface area contributed by atoms with E-state index in [1.807, 2.05) is 4.83 Å². The Kier molecular flexibility index (Phi) is 4.40. The predicted molar refractivity (Wildman–Crippen MR) is 77.5 cm³/mol. The SMILES string of the molecule is Cn1cccc1C(=O)NNS(=O)(=O)c1cc(Cl)sc1Cl. The lowest BCUT2D eigenvalue weighted by Gasteiger charge is -2.08. The van der Waals surface area contributed by atoms with Crippen LogP contribution in [0.25, 0.3) is 0 Å². The second kappa shape index (κ2) is 5.74. The standard InChI is InChI=1S/C10H9Cl2N3O3S2/c1-15-4-2-3-6(15)10(16)13-14-20(17,18)7-5-8(11)19-9(7)12/h2-5,14H,1H3,(H,13,16). The van der Waals surface area contributed by atoms with E-state index in [0.717, 1.165) is 11.3 Å². The van der Waals surface area contributed by atoms with Gasteiger partial charge in [0, 0.05) is 13.2 Å². The number of rotatable bonds is 4. The van der Waals surface area contributed by atoms with E-state index in [1.165, 1.54) is 6.07 Å². The molecule has 2 N–H and O–H groups in total. The first kappa shape index (κ1) is 15.3. The summed E-state index contributed by atoms with van der Waals surface area (Å²) >= 11 is 12.4. The number of nitrogens with zero attached hydrogens (tertiary/aromatic N) is 1. The fraction of sp³-hybridized carbons (Fsp3) is 0.100. The van der Waals surface area contributed by atoms with E-state index in [-0.39, 0.29) is 13.6 Å². The van der Waals surface area contributed by atoms with Gasteiger partial charge in [-0.3, -0.25) is 10.2 Å². The molecule has 0 atom stereocenters. The van der Waals surface area contributed by atoms with Crippen LogP contribution in [0.2, 0.25) is 8.67 Å². The molecule has 0 aromatic carbocycles. The highest BCUT2D eigenvalue weighted by Crippen LogP contribution is 2.33. The molecule has 0 fully saturated rings. The average molecular weight is 354 g/mol. The predicted octanol–water partition coefficient (Wildman–Crippen LogP) is 2.02. The van der Waals surface area contributed by atoms with Crippen LogP contribution in [-0.2, 0) is 17.1 Å². The number of nitrogens with one attached hydrogen (secondary N) is 2. The van der Waals surface area contributed by atoms with Crippen LogP contribution < -0.4 is 10.3 Å². The molecule has 6 nitrogen and oxygen atoms in total. The second-order valence-electron chi connectivity index (χ2n) is 3.75. The minimum absolute atomic E-state index is 0.0237. The van der Waals surface area contributed by atoms with Gasteiger partial charge >= 0.3 is 0 Å². The third kappa shape index (κ3) is 3.15. The van der Waals surface area contributed by atoms with Crippen molar-refractivity contribution in [2.45, 2.75) is 4.90 Å². The van der Waals surface area contributed by atoms with Gasteiger partial charge < -0.3 is 4.57 Å². The van der Waals surface area contributed by atoms with Gasteiger partial charge in [-0.05, 0) is 18.2 Å². The van der Waals surface area contributed by atoms with E-state index >= 15 is 0 Å². The minimum atomic E-state index is -3.97. The van der Waals surface area contributed by atoms with Crippen LogP contribution in [0.3, 0.4) is 0 Å². The Labute approximate surface area is 129 Å². The third-order valence-corrected chi connectivity index (χ3v) is 5.39. The van der Waals surface area contributed by atoms with Crippen LogP contribution in [0.15, 0.2) is 29.3 Å². The number of hydrogen-bond donors (Lipinski definition) is 2. The molecule has 0 aliphatic heterocycles. The molecule has 2 aromatic rings. The summed E-state index contributed by atoms with van der Waals surface area (Å²) < 4.78 is 25.7. The number of halogens is 2. The third-order valence-electron chi connectivity index (χ3n) is 2.39. The second-order valence-corrected chi connectivity index (χ2v) is 7.69. The topological polar surface area (TPSA) is 80.2 Å². The van der Waals surface area contributed by atoms with E-state index in [0.29, 0.717) is 5.69 Å². The lowest BCUT2D eigenvalue weighted by Crippen LogP contribution is -2.42. The molecule has 1 amide bonds. The van der Waals surface area contributed by atoms with Crippen LogP contribution in [0.5, 0.6) is 0 Å². The van der Waals surface area contributed by atoms with Crippen LogP contribution in [-0.4, -0.2) is 18.9 Å². The first-order chi connectivity index (χ1) is 9.31. The number of carbonyl (C=O) groups is 1. The molecule has 108 valence electrons. The molecule has 2 aromatic heterocycles. The van der Waals surface area contributed by atoms with E-state index in [4.69, 9.17) is 23.2 Å². The van der Waals surface area contributed by atoms with Gasteiger partial charge in [-0.2, -0.15) is 0 Å². The molecule has 10 heteroatoms. The van der Waals surface area contributed by atoms with Crippen LogP contribution in [0.1, 0.15) is 10.5 Å². The van der Waals surface area contributed by atoms with Crippen molar-refractivity contribution in [3.05, 3.63) is 38.8 Å². The van der Waals surface area contributed by atoms with Gasteiger partial charge in [0.15, 0.2) is 0 Å². The zero-order chi connectivity index (χ0) is 14.9. The highest BCUT2D eigenvalue weighted by molar-refractivity contribution is 7.89. The smallest absolute Gasteiger partial charge is 0.282 e. The molecule has 20 heavy (non-hydrogen) atoms. The summed E-state index contributed by atoms with van der Waals surface area (Å²) in [6.45, 7) is 0. The summed E-state index contributed by atoms with van der Waals surface area (Å²) in [6, 6.07) is 4.43. The molecular weight excluding hydrogens is 345 g/mol. The van der Waals surface area contributed by atoms with Crippen molar-refractivity contribution < 1.29 is 13.2 Å². The van der Waals surface area contributed by atoms with Crippen molar-refractivity contribution in [3.63, 3.8) is 0 Å². The number of aromatic nitrogens is 1. The number of hydrazine groups is 1. The summed E-state index contributed by atoms with van der Waals surface area (Å²) in [5.41, 5.74) is 2.41. The number of aryl methyl sites for hydroxylation is 1. The molecule has 0 saturated heterocycles. The maximum Gasteiger partial charge on any atom is 0.282 e. The summed E-state index contributed by atoms with van der Waals surface area (Å²) in [5.74, 6) is -0.585. The monoisotopic (exact) mass is 353 g/mol. The molecular formula is C10H9Cl2N3O3S2. The van der Waals surface area contributed by atoms with Gasteiger partial charge in [0.2, 0.25) is 0 Å². The minimum Gasteiger partial charge on any atom is -0.347 e. The van der Waals surface area contributed by atoms with Gasteiger partial charge in [-0.15, -0.1) is 16.2 Å². The average Bonchev–Trinajstić information content (AvgIpc) is 2.92. The number of sulfonamides is 1. The highest BCUT2D eigenvalue weighted by atomic mass is 35.5. The van der Waals surface area contributed by atoms with Crippen LogP contribution >= 0.6 is 34.5 Å². The molecule has 2 rings (SSSR count). The summed E-state index contributed by atoms with van der Waals surface area (Å²) in [7, 11) is -2.30. The lowest BCUT2D eigenvalue weighted by molar-refractivity contribution is 0.0937. The van der Waals surface area contributed by atoms with Gasteiger partial charge in [0.05, 0.1) is 4.34 Å². The molecule has 0 saturated carbocycles. The lowest BCUT2D eigenvalue weighted by atomic mass is 10.4. The molecule has 2 heterocycles. The molecule has 0 spiro atoms. The fourth-order valence-electron chi connectivity index (χ4n) is 1.44. The first-order valence-corrected chi connectivity index (χ1v) is 8.25. The Morgan fingerprint density at radius 2 is 2.10 bits per heavy atom. The first-order valence-electron chi connectivity index (χ1n) is 5.19. The van der Waals surface area contributed by atoms with E-state index in [2.05, 4.69) is 5.43 Å². The van der Waals surface area contributed by atoms with Crippen LogP contribution in [0.4, 0.5) is 0 Å². The number of carbonyl (C=O) groups excluding carboxylic acids is 1. The van der Waals surface area contributed by atoms with Gasteiger partial charge in [-0.25, -0.2) is 8.42 Å². The van der Waals surface area contributed by atoms with Crippen molar-refractivity contribution in [3.8, 4) is 0 Å². The van der Waals surface area contributed by atoms with Crippen molar-refractivity contribution >= 4 is 50.5 Å². The normalized spacial score (nSPS) is 11.6. The van der Waals surface area contributed by atoms with Crippen LogP contribution in [0, 0.1) is 0 Å². The van der Waals surface area contributed by atoms with Gasteiger partial charge in [-0.1, -0.05) is 23.2 Å². The Balaban J connectivity index is 2.13. The van der Waals surface area contributed by atoms with Crippen molar-refractivity contribution in [1.82, 2.24) is 14.8 Å². The summed E-state index contributed by atoms with van der Waals surface area (Å²) in [6.07, 6.45) is 1.67. The van der Waals surface area contributed by atoms with Crippen molar-refractivity contribution in [2.24, 2.45) is 7.05 Å². The Morgan fingerprint density at radius 3 is 2.60 bits per heavy atom. The zero-order valence-electron chi connectivity index (χ0n) is 10.1. The quantitative estimate of drug-likeness (QED) is 0.825. The molecule has 0 unspecified atom stereocenters. The highest BCUT2D eigenvalue weighted by Gasteiger charge is 2.22. The Bertz CT molecular complexity index is 752. The van der Waals surface area contributed by atoms with Crippen molar-refractivity contribution in [2.75, 3.05) is 0 Å². The van der Waals surface area contributed by atoms with Crippen molar-refractivity contribution in [1.29, 1.82) is 0 Å². The maximum absolute atomic E-state index is 12.0.